The van der Waals surface area contributed by atoms with Crippen LogP contribution in [0.5, 0.6) is 0 Å². The predicted molar refractivity (Wildman–Crippen MR) is 70.1 cm³/mol. The molecule has 7 nitrogen and oxygen atoms in total. The molecule has 0 spiro atoms. The first-order valence-corrected chi connectivity index (χ1v) is 6.30. The van der Waals surface area contributed by atoms with Crippen molar-refractivity contribution in [2.75, 3.05) is 13.2 Å². The molecule has 2 rings (SSSR count). The maximum atomic E-state index is 12.3. The Balaban J connectivity index is 2.21. The summed E-state index contributed by atoms with van der Waals surface area (Å²) in [6.45, 7) is 1.82. The topological polar surface area (TPSA) is 92.4 Å². The number of carbonyl (C=O) groups excluding carboxylic acids is 1. The largest absolute Gasteiger partial charge is 0.395 e. The van der Waals surface area contributed by atoms with Crippen molar-refractivity contribution in [3.05, 3.63) is 40.4 Å². The fraction of sp³-hybridized carbons (Fsp3) is 0.333. The zero-order valence-corrected chi connectivity index (χ0v) is 11.5. The average Bonchev–Trinajstić information content (AvgIpc) is 2.86. The molecule has 0 aliphatic carbocycles. The first-order valence-electron chi connectivity index (χ1n) is 5.92. The van der Waals surface area contributed by atoms with Gasteiger partial charge in [0.05, 0.1) is 6.61 Å². The molecule has 0 bridgehead atoms. The lowest BCUT2D eigenvalue weighted by molar-refractivity contribution is 0.0696. The van der Waals surface area contributed by atoms with Crippen LogP contribution in [0.25, 0.3) is 0 Å². The molecule has 1 N–H and O–H groups in total. The summed E-state index contributed by atoms with van der Waals surface area (Å²) in [7, 11) is 0. The van der Waals surface area contributed by atoms with E-state index in [1.807, 2.05) is 0 Å². The van der Waals surface area contributed by atoms with Crippen LogP contribution >= 0.6 is 11.6 Å². The average molecular weight is 297 g/mol. The van der Waals surface area contributed by atoms with E-state index in [9.17, 15) is 4.79 Å². The van der Waals surface area contributed by atoms with Crippen molar-refractivity contribution in [3.8, 4) is 0 Å². The molecule has 0 aliphatic rings. The fourth-order valence-corrected chi connectivity index (χ4v) is 1.87. The zero-order chi connectivity index (χ0) is 14.5. The van der Waals surface area contributed by atoms with E-state index < -0.39 is 0 Å². The third-order valence-electron chi connectivity index (χ3n) is 2.71. The molecule has 0 aromatic carbocycles. The van der Waals surface area contributed by atoms with E-state index in [1.165, 1.54) is 4.90 Å². The summed E-state index contributed by atoms with van der Waals surface area (Å²) in [6.07, 6.45) is 1.57. The minimum atomic E-state index is -0.377. The van der Waals surface area contributed by atoms with E-state index in [2.05, 4.69) is 19.9 Å². The van der Waals surface area contributed by atoms with E-state index in [0.717, 1.165) is 0 Å². The molecular weight excluding hydrogens is 284 g/mol. The van der Waals surface area contributed by atoms with E-state index in [1.54, 1.807) is 25.3 Å². The zero-order valence-electron chi connectivity index (χ0n) is 10.8. The molecule has 20 heavy (non-hydrogen) atoms. The maximum Gasteiger partial charge on any atom is 0.278 e. The third-order valence-corrected chi connectivity index (χ3v) is 3.05. The summed E-state index contributed by atoms with van der Waals surface area (Å²) < 4.78 is 4.52. The predicted octanol–water partition coefficient (Wildman–Crippen LogP) is 1.06. The van der Waals surface area contributed by atoms with Crippen LogP contribution in [0.15, 0.2) is 23.0 Å². The first-order chi connectivity index (χ1) is 9.63. The second-order valence-corrected chi connectivity index (χ2v) is 4.46. The normalized spacial score (nSPS) is 10.6. The van der Waals surface area contributed by atoms with Gasteiger partial charge in [-0.05, 0) is 18.1 Å². The number of rotatable bonds is 5. The summed E-state index contributed by atoms with van der Waals surface area (Å²) in [6, 6.07) is 3.49. The molecule has 0 unspecified atom stereocenters. The molecule has 2 aromatic rings. The summed E-state index contributed by atoms with van der Waals surface area (Å²) >= 11 is 5.97. The van der Waals surface area contributed by atoms with Gasteiger partial charge in [-0.3, -0.25) is 4.79 Å². The van der Waals surface area contributed by atoms with E-state index in [4.69, 9.17) is 16.7 Å². The van der Waals surface area contributed by atoms with Gasteiger partial charge in [-0.2, -0.15) is 0 Å². The Kier molecular flexibility index (Phi) is 4.65. The van der Waals surface area contributed by atoms with E-state index in [-0.39, 0.29) is 31.3 Å². The fourth-order valence-electron chi connectivity index (χ4n) is 1.69. The number of hydrogen-bond acceptors (Lipinski definition) is 6. The van der Waals surface area contributed by atoms with Crippen molar-refractivity contribution in [2.45, 2.75) is 13.5 Å². The monoisotopic (exact) mass is 296 g/mol. The molecule has 2 aromatic heterocycles. The molecule has 0 fully saturated rings. The van der Waals surface area contributed by atoms with Crippen LogP contribution in [0, 0.1) is 6.92 Å². The van der Waals surface area contributed by atoms with Crippen molar-refractivity contribution < 1.29 is 14.5 Å². The molecule has 0 radical (unpaired) electrons. The van der Waals surface area contributed by atoms with E-state index in [0.29, 0.717) is 16.4 Å². The van der Waals surface area contributed by atoms with Crippen LogP contribution in [0.4, 0.5) is 0 Å². The number of halogens is 1. The minimum absolute atomic E-state index is 0.124. The van der Waals surface area contributed by atoms with Gasteiger partial charge in [-0.25, -0.2) is 9.61 Å². The first kappa shape index (κ1) is 14.4. The van der Waals surface area contributed by atoms with E-state index >= 15 is 0 Å². The Morgan fingerprint density at radius 3 is 2.90 bits per heavy atom. The van der Waals surface area contributed by atoms with Gasteiger partial charge < -0.3 is 10.0 Å². The molecule has 106 valence electrons. The smallest absolute Gasteiger partial charge is 0.278 e. The van der Waals surface area contributed by atoms with Crippen LogP contribution in [0.2, 0.25) is 5.15 Å². The van der Waals surface area contributed by atoms with Crippen molar-refractivity contribution in [2.24, 2.45) is 0 Å². The van der Waals surface area contributed by atoms with Gasteiger partial charge in [0.15, 0.2) is 5.69 Å². The van der Waals surface area contributed by atoms with Gasteiger partial charge in [0.25, 0.3) is 5.91 Å². The lowest BCUT2D eigenvalue weighted by Crippen LogP contribution is -2.33. The Morgan fingerprint density at radius 2 is 2.30 bits per heavy atom. The molecule has 2 heterocycles. The standard InChI is InChI=1S/C12H13ClN4O3/c1-8-10(16-20-15-8)12(19)17(5-6-18)7-9-3-2-4-14-11(9)13/h2-4,18H,5-7H2,1H3. The van der Waals surface area contributed by atoms with Crippen molar-refractivity contribution >= 4 is 17.5 Å². The van der Waals surface area contributed by atoms with Crippen molar-refractivity contribution in [1.29, 1.82) is 0 Å². The van der Waals surface area contributed by atoms with Gasteiger partial charge >= 0.3 is 0 Å². The summed E-state index contributed by atoms with van der Waals surface area (Å²) in [5.74, 6) is -0.377. The number of amides is 1. The highest BCUT2D eigenvalue weighted by molar-refractivity contribution is 6.30. The minimum Gasteiger partial charge on any atom is -0.395 e. The van der Waals surface area contributed by atoms with Gasteiger partial charge in [-0.15, -0.1) is 0 Å². The van der Waals surface area contributed by atoms with Crippen LogP contribution in [0.3, 0.4) is 0 Å². The maximum absolute atomic E-state index is 12.3. The van der Waals surface area contributed by atoms with Crippen LogP contribution in [-0.4, -0.2) is 44.4 Å². The number of aliphatic hydroxyl groups excluding tert-OH is 1. The van der Waals surface area contributed by atoms with Gasteiger partial charge in [-0.1, -0.05) is 22.8 Å². The highest BCUT2D eigenvalue weighted by Gasteiger charge is 2.22. The number of carbonyl (C=O) groups is 1. The number of hydrogen-bond donors (Lipinski definition) is 1. The molecule has 0 saturated carbocycles. The molecule has 1 amide bonds. The Hall–Kier alpha value is -1.99. The van der Waals surface area contributed by atoms with Gasteiger partial charge in [0.1, 0.15) is 10.8 Å². The Labute approximate surface area is 120 Å². The molecule has 8 heteroatoms. The summed E-state index contributed by atoms with van der Waals surface area (Å²) in [5.41, 5.74) is 1.21. The quantitative estimate of drug-likeness (QED) is 0.829. The second kappa shape index (κ2) is 6.44. The Morgan fingerprint density at radius 1 is 1.50 bits per heavy atom. The lowest BCUT2D eigenvalue weighted by atomic mass is 10.2. The number of nitrogens with zero attached hydrogens (tertiary/aromatic N) is 4. The van der Waals surface area contributed by atoms with Crippen LogP contribution in [-0.2, 0) is 6.54 Å². The SMILES string of the molecule is Cc1nonc1C(=O)N(CCO)Cc1cccnc1Cl. The van der Waals surface area contributed by atoms with Gasteiger partial charge in [0, 0.05) is 24.8 Å². The highest BCUT2D eigenvalue weighted by Crippen LogP contribution is 2.16. The summed E-state index contributed by atoms with van der Waals surface area (Å²) in [4.78, 5) is 17.7. The number of aromatic nitrogens is 3. The number of aryl methyl sites for hydroxylation is 1. The molecule has 0 atom stereocenters. The lowest BCUT2D eigenvalue weighted by Gasteiger charge is -2.21. The molecular formula is C12H13ClN4O3. The molecule has 0 saturated heterocycles. The van der Waals surface area contributed by atoms with Crippen molar-refractivity contribution in [1.82, 2.24) is 20.2 Å². The second-order valence-electron chi connectivity index (χ2n) is 4.10. The Bertz CT molecular complexity index is 602. The number of aliphatic hydroxyl groups is 1. The third kappa shape index (κ3) is 3.12. The van der Waals surface area contributed by atoms with Crippen molar-refractivity contribution in [3.63, 3.8) is 0 Å². The van der Waals surface area contributed by atoms with Gasteiger partial charge in [0.2, 0.25) is 0 Å². The van der Waals surface area contributed by atoms with Crippen LogP contribution in [0.1, 0.15) is 21.7 Å². The van der Waals surface area contributed by atoms with Crippen LogP contribution < -0.4 is 0 Å². The molecule has 0 aliphatic heterocycles. The number of pyridine rings is 1. The summed E-state index contributed by atoms with van der Waals surface area (Å²) in [5, 5.41) is 16.6. The highest BCUT2D eigenvalue weighted by atomic mass is 35.5.